The van der Waals surface area contributed by atoms with E-state index in [1.54, 1.807) is 23.2 Å². The Morgan fingerprint density at radius 2 is 2.12 bits per heavy atom. The van der Waals surface area contributed by atoms with Crippen LogP contribution >= 0.6 is 0 Å². The summed E-state index contributed by atoms with van der Waals surface area (Å²) in [5.74, 6) is 0.714. The molecular formula is C12H19N3O2. The van der Waals surface area contributed by atoms with E-state index >= 15 is 0 Å². The number of carbonyl (C=O) groups excluding carboxylic acids is 1. The Kier molecular flexibility index (Phi) is 4.90. The maximum atomic E-state index is 12.0. The van der Waals surface area contributed by atoms with E-state index in [2.05, 4.69) is 4.98 Å². The lowest BCUT2D eigenvalue weighted by Crippen LogP contribution is -2.33. The predicted octanol–water partition coefficient (Wildman–Crippen LogP) is 0.602. The number of amides is 1. The summed E-state index contributed by atoms with van der Waals surface area (Å²) in [5.41, 5.74) is 0.547. The van der Waals surface area contributed by atoms with Gasteiger partial charge in [0, 0.05) is 33.4 Å². The van der Waals surface area contributed by atoms with E-state index in [0.29, 0.717) is 18.7 Å². The van der Waals surface area contributed by atoms with Crippen LogP contribution in [0.15, 0.2) is 18.3 Å². The molecule has 5 heteroatoms. The number of aliphatic hydroxyl groups is 1. The molecule has 0 aromatic carbocycles. The monoisotopic (exact) mass is 237 g/mol. The third kappa shape index (κ3) is 3.42. The zero-order valence-corrected chi connectivity index (χ0v) is 10.6. The Morgan fingerprint density at radius 1 is 1.41 bits per heavy atom. The number of aromatic nitrogens is 1. The van der Waals surface area contributed by atoms with Crippen molar-refractivity contribution in [3.63, 3.8) is 0 Å². The summed E-state index contributed by atoms with van der Waals surface area (Å²) >= 11 is 0. The average molecular weight is 237 g/mol. The molecule has 0 aliphatic rings. The van der Waals surface area contributed by atoms with Crippen LogP contribution in [0.4, 0.5) is 5.82 Å². The molecule has 0 radical (unpaired) electrons. The van der Waals surface area contributed by atoms with Crippen molar-refractivity contribution < 1.29 is 9.90 Å². The first-order chi connectivity index (χ1) is 8.10. The number of carbonyl (C=O) groups is 1. The molecule has 0 aliphatic carbocycles. The van der Waals surface area contributed by atoms with E-state index in [1.165, 1.54) is 0 Å². The Hall–Kier alpha value is -1.62. The molecule has 0 fully saturated rings. The summed E-state index contributed by atoms with van der Waals surface area (Å²) in [7, 11) is 3.79. The molecule has 94 valence electrons. The van der Waals surface area contributed by atoms with Gasteiger partial charge in [-0.3, -0.25) is 4.79 Å². The second-order valence-electron chi connectivity index (χ2n) is 3.91. The molecule has 1 N–H and O–H groups in total. The molecule has 1 amide bonds. The van der Waals surface area contributed by atoms with E-state index in [-0.39, 0.29) is 12.5 Å². The van der Waals surface area contributed by atoms with Crippen LogP contribution < -0.4 is 4.90 Å². The van der Waals surface area contributed by atoms with E-state index in [4.69, 9.17) is 5.11 Å². The highest BCUT2D eigenvalue weighted by molar-refractivity contribution is 5.94. The van der Waals surface area contributed by atoms with Gasteiger partial charge in [-0.15, -0.1) is 0 Å². The maximum Gasteiger partial charge on any atom is 0.255 e. The van der Waals surface area contributed by atoms with Crippen molar-refractivity contribution in [2.24, 2.45) is 0 Å². The number of hydrogen-bond acceptors (Lipinski definition) is 4. The van der Waals surface area contributed by atoms with Crippen molar-refractivity contribution in [3.8, 4) is 0 Å². The van der Waals surface area contributed by atoms with Crippen molar-refractivity contribution in [2.75, 3.05) is 38.7 Å². The van der Waals surface area contributed by atoms with Crippen molar-refractivity contribution >= 4 is 11.7 Å². The van der Waals surface area contributed by atoms with Crippen LogP contribution in [-0.2, 0) is 0 Å². The molecule has 0 bridgehead atoms. The van der Waals surface area contributed by atoms with Crippen LogP contribution in [0.3, 0.4) is 0 Å². The van der Waals surface area contributed by atoms with Crippen molar-refractivity contribution in [3.05, 3.63) is 23.9 Å². The van der Waals surface area contributed by atoms with Crippen LogP contribution in [-0.4, -0.2) is 54.7 Å². The van der Waals surface area contributed by atoms with Crippen LogP contribution in [0, 0.1) is 0 Å². The van der Waals surface area contributed by atoms with E-state index < -0.39 is 0 Å². The first kappa shape index (κ1) is 13.4. The van der Waals surface area contributed by atoms with Crippen LogP contribution in [0.2, 0.25) is 0 Å². The lowest BCUT2D eigenvalue weighted by molar-refractivity contribution is 0.0731. The SMILES string of the molecule is CCN(CCO)C(=O)c1ccc(N(C)C)nc1. The summed E-state index contributed by atoms with van der Waals surface area (Å²) in [6.07, 6.45) is 1.57. The third-order valence-electron chi connectivity index (χ3n) is 2.49. The molecule has 1 rings (SSSR count). The number of hydrogen-bond donors (Lipinski definition) is 1. The number of pyridine rings is 1. The molecule has 1 aromatic rings. The Balaban J connectivity index is 2.81. The Labute approximate surface area is 102 Å². The molecule has 0 spiro atoms. The van der Waals surface area contributed by atoms with Crippen LogP contribution in [0.25, 0.3) is 0 Å². The van der Waals surface area contributed by atoms with Gasteiger partial charge in [-0.25, -0.2) is 4.98 Å². The number of likely N-dealkylation sites (N-methyl/N-ethyl adjacent to an activating group) is 1. The number of anilines is 1. The third-order valence-corrected chi connectivity index (χ3v) is 2.49. The largest absolute Gasteiger partial charge is 0.395 e. The van der Waals surface area contributed by atoms with Gasteiger partial charge in [0.15, 0.2) is 0 Å². The predicted molar refractivity (Wildman–Crippen MR) is 67.2 cm³/mol. The second-order valence-corrected chi connectivity index (χ2v) is 3.91. The summed E-state index contributed by atoms with van der Waals surface area (Å²) in [6, 6.07) is 3.56. The topological polar surface area (TPSA) is 56.7 Å². The first-order valence-corrected chi connectivity index (χ1v) is 5.63. The lowest BCUT2D eigenvalue weighted by Gasteiger charge is -2.19. The highest BCUT2D eigenvalue weighted by Crippen LogP contribution is 2.09. The van der Waals surface area contributed by atoms with E-state index in [1.807, 2.05) is 25.9 Å². The van der Waals surface area contributed by atoms with Gasteiger partial charge in [-0.05, 0) is 19.1 Å². The quantitative estimate of drug-likeness (QED) is 0.815. The number of aliphatic hydroxyl groups excluding tert-OH is 1. The molecule has 0 saturated heterocycles. The summed E-state index contributed by atoms with van der Waals surface area (Å²) < 4.78 is 0. The van der Waals surface area contributed by atoms with Gasteiger partial charge in [0.25, 0.3) is 5.91 Å². The molecule has 0 atom stereocenters. The van der Waals surface area contributed by atoms with E-state index in [9.17, 15) is 4.79 Å². The van der Waals surface area contributed by atoms with Gasteiger partial charge in [0.05, 0.1) is 12.2 Å². The molecule has 1 heterocycles. The molecule has 0 unspecified atom stereocenters. The minimum atomic E-state index is -0.0978. The van der Waals surface area contributed by atoms with Gasteiger partial charge in [0.2, 0.25) is 0 Å². The first-order valence-electron chi connectivity index (χ1n) is 5.63. The van der Waals surface area contributed by atoms with Gasteiger partial charge in [-0.1, -0.05) is 0 Å². The summed E-state index contributed by atoms with van der Waals surface area (Å²) in [5, 5.41) is 8.86. The zero-order chi connectivity index (χ0) is 12.8. The van der Waals surface area contributed by atoms with Crippen LogP contribution in [0.1, 0.15) is 17.3 Å². The summed E-state index contributed by atoms with van der Waals surface area (Å²) in [6.45, 7) is 2.79. The molecule has 5 nitrogen and oxygen atoms in total. The summed E-state index contributed by atoms with van der Waals surface area (Å²) in [4.78, 5) is 19.7. The van der Waals surface area contributed by atoms with Crippen LogP contribution in [0.5, 0.6) is 0 Å². The average Bonchev–Trinajstić information content (AvgIpc) is 2.35. The highest BCUT2D eigenvalue weighted by atomic mass is 16.3. The van der Waals surface area contributed by atoms with Crippen molar-refractivity contribution in [1.29, 1.82) is 0 Å². The standard InChI is InChI=1S/C12H19N3O2/c1-4-15(7-8-16)12(17)10-5-6-11(13-9-10)14(2)3/h5-6,9,16H,4,7-8H2,1-3H3. The zero-order valence-electron chi connectivity index (χ0n) is 10.6. The normalized spacial score (nSPS) is 10.1. The smallest absolute Gasteiger partial charge is 0.255 e. The Bertz CT molecular complexity index is 363. The molecule has 0 saturated carbocycles. The lowest BCUT2D eigenvalue weighted by atomic mass is 10.2. The fourth-order valence-corrected chi connectivity index (χ4v) is 1.48. The second kappa shape index (κ2) is 6.20. The minimum absolute atomic E-state index is 0.0250. The van der Waals surface area contributed by atoms with Gasteiger partial charge >= 0.3 is 0 Å². The Morgan fingerprint density at radius 3 is 2.53 bits per heavy atom. The molecule has 1 aromatic heterocycles. The minimum Gasteiger partial charge on any atom is -0.395 e. The van der Waals surface area contributed by atoms with Crippen molar-refractivity contribution in [1.82, 2.24) is 9.88 Å². The molecular weight excluding hydrogens is 218 g/mol. The van der Waals surface area contributed by atoms with Gasteiger partial charge in [0.1, 0.15) is 5.82 Å². The van der Waals surface area contributed by atoms with Crippen molar-refractivity contribution in [2.45, 2.75) is 6.92 Å². The fourth-order valence-electron chi connectivity index (χ4n) is 1.48. The number of rotatable bonds is 5. The molecule has 0 aliphatic heterocycles. The van der Waals surface area contributed by atoms with Gasteiger partial charge < -0.3 is 14.9 Å². The molecule has 17 heavy (non-hydrogen) atoms. The maximum absolute atomic E-state index is 12.0. The van der Waals surface area contributed by atoms with Gasteiger partial charge in [-0.2, -0.15) is 0 Å². The fraction of sp³-hybridized carbons (Fsp3) is 0.500. The van der Waals surface area contributed by atoms with E-state index in [0.717, 1.165) is 5.82 Å². The number of nitrogens with zero attached hydrogens (tertiary/aromatic N) is 3. The highest BCUT2D eigenvalue weighted by Gasteiger charge is 2.13.